The fourth-order valence-corrected chi connectivity index (χ4v) is 2.72. The van der Waals surface area contributed by atoms with Gasteiger partial charge in [-0.2, -0.15) is 0 Å². The molecule has 1 fully saturated rings. The Kier molecular flexibility index (Phi) is 4.15. The molecule has 0 radical (unpaired) electrons. The van der Waals surface area contributed by atoms with Gasteiger partial charge in [0.05, 0.1) is 30.7 Å². The molecule has 0 unspecified atom stereocenters. The lowest BCUT2D eigenvalue weighted by atomic mass is 10.1. The van der Waals surface area contributed by atoms with Gasteiger partial charge in [0.25, 0.3) is 0 Å². The van der Waals surface area contributed by atoms with E-state index in [0.717, 1.165) is 30.9 Å². The van der Waals surface area contributed by atoms with Gasteiger partial charge in [-0.25, -0.2) is 9.97 Å². The lowest BCUT2D eigenvalue weighted by molar-refractivity contribution is -0.130. The summed E-state index contributed by atoms with van der Waals surface area (Å²) in [7, 11) is 3.57. The van der Waals surface area contributed by atoms with Crippen molar-refractivity contribution in [2.45, 2.75) is 18.9 Å². The molecule has 3 rings (SSSR count). The molecule has 22 heavy (non-hydrogen) atoms. The molecule has 7 heteroatoms. The lowest BCUT2D eigenvalue weighted by Gasteiger charge is -2.24. The molecule has 0 aliphatic carbocycles. The summed E-state index contributed by atoms with van der Waals surface area (Å²) in [6, 6.07) is 0.153. The summed E-state index contributed by atoms with van der Waals surface area (Å²) in [4.78, 5) is 28.8. The van der Waals surface area contributed by atoms with E-state index in [2.05, 4.69) is 14.9 Å². The molecule has 116 valence electrons. The minimum Gasteiger partial charge on any atom is -0.348 e. The minimum atomic E-state index is 0.116. The molecule has 7 nitrogen and oxygen atoms in total. The molecule has 0 bridgehead atoms. The number of likely N-dealkylation sites (tertiary alicyclic amines) is 1. The Morgan fingerprint density at radius 1 is 1.36 bits per heavy atom. The molecule has 3 heterocycles. The van der Waals surface area contributed by atoms with E-state index in [-0.39, 0.29) is 11.9 Å². The van der Waals surface area contributed by atoms with Crippen molar-refractivity contribution < 1.29 is 4.79 Å². The van der Waals surface area contributed by atoms with Crippen LogP contribution in [0.4, 0.5) is 0 Å². The van der Waals surface area contributed by atoms with Crippen LogP contribution in [0.2, 0.25) is 0 Å². The molecule has 2 aromatic heterocycles. The summed E-state index contributed by atoms with van der Waals surface area (Å²) in [5.41, 5.74) is 0.912. The van der Waals surface area contributed by atoms with E-state index in [1.165, 1.54) is 0 Å². The number of hydrogen-bond donors (Lipinski definition) is 0. The van der Waals surface area contributed by atoms with Gasteiger partial charge in [0, 0.05) is 26.5 Å². The van der Waals surface area contributed by atoms with Crippen LogP contribution in [0.25, 0.3) is 5.82 Å². The summed E-state index contributed by atoms with van der Waals surface area (Å²) in [6.45, 7) is 1.34. The van der Waals surface area contributed by atoms with Crippen LogP contribution in [0.15, 0.2) is 31.1 Å². The van der Waals surface area contributed by atoms with Gasteiger partial charge in [-0.3, -0.25) is 19.2 Å². The summed E-state index contributed by atoms with van der Waals surface area (Å²) in [6.07, 6.45) is 10.8. The normalized spacial score (nSPS) is 18.5. The van der Waals surface area contributed by atoms with E-state index in [4.69, 9.17) is 4.98 Å². The van der Waals surface area contributed by atoms with Crippen molar-refractivity contribution in [3.63, 3.8) is 0 Å². The van der Waals surface area contributed by atoms with Gasteiger partial charge in [0.15, 0.2) is 5.82 Å². The van der Waals surface area contributed by atoms with Crippen molar-refractivity contribution in [1.29, 1.82) is 0 Å². The number of carbonyl (C=O) groups is 1. The summed E-state index contributed by atoms with van der Waals surface area (Å²) < 4.78 is 1.83. The van der Waals surface area contributed by atoms with Gasteiger partial charge in [0.1, 0.15) is 6.33 Å². The van der Waals surface area contributed by atoms with Crippen LogP contribution in [0.1, 0.15) is 24.6 Å². The number of imidazole rings is 1. The Hall–Kier alpha value is -2.28. The summed E-state index contributed by atoms with van der Waals surface area (Å²) in [5, 5.41) is 0. The van der Waals surface area contributed by atoms with Gasteiger partial charge in [-0.15, -0.1) is 0 Å². The predicted octanol–water partition coefficient (Wildman–Crippen LogP) is 0.887. The van der Waals surface area contributed by atoms with Crippen LogP contribution in [0.5, 0.6) is 0 Å². The maximum absolute atomic E-state index is 12.0. The first-order valence-electron chi connectivity index (χ1n) is 7.39. The van der Waals surface area contributed by atoms with E-state index in [0.29, 0.717) is 6.54 Å². The molecule has 1 aliphatic rings. The highest BCUT2D eigenvalue weighted by molar-refractivity contribution is 5.77. The Morgan fingerprint density at radius 2 is 2.23 bits per heavy atom. The number of amides is 1. The van der Waals surface area contributed by atoms with Gasteiger partial charge < -0.3 is 4.90 Å². The molecule has 1 atom stereocenters. The Labute approximate surface area is 129 Å². The van der Waals surface area contributed by atoms with Crippen molar-refractivity contribution >= 4 is 5.91 Å². The topological polar surface area (TPSA) is 67.2 Å². The van der Waals surface area contributed by atoms with Crippen molar-refractivity contribution in [3.05, 3.63) is 36.8 Å². The second kappa shape index (κ2) is 6.23. The number of carbonyl (C=O) groups excluding carboxylic acids is 1. The molecule has 0 saturated carbocycles. The predicted molar refractivity (Wildman–Crippen MR) is 81.4 cm³/mol. The van der Waals surface area contributed by atoms with Gasteiger partial charge >= 0.3 is 0 Å². The second-order valence-corrected chi connectivity index (χ2v) is 5.69. The third-order valence-electron chi connectivity index (χ3n) is 3.95. The quantitative estimate of drug-likeness (QED) is 0.839. The summed E-state index contributed by atoms with van der Waals surface area (Å²) in [5.74, 6) is 0.867. The molecule has 0 N–H and O–H groups in total. The highest BCUT2D eigenvalue weighted by Crippen LogP contribution is 2.30. The number of rotatable bonds is 4. The van der Waals surface area contributed by atoms with Crippen LogP contribution >= 0.6 is 0 Å². The highest BCUT2D eigenvalue weighted by Gasteiger charge is 2.29. The van der Waals surface area contributed by atoms with E-state index in [1.54, 1.807) is 43.9 Å². The van der Waals surface area contributed by atoms with Crippen molar-refractivity contribution in [1.82, 2.24) is 29.3 Å². The van der Waals surface area contributed by atoms with E-state index in [1.807, 2.05) is 10.8 Å². The van der Waals surface area contributed by atoms with Crippen LogP contribution in [-0.2, 0) is 4.79 Å². The van der Waals surface area contributed by atoms with Gasteiger partial charge in [0.2, 0.25) is 5.91 Å². The Bertz CT molecular complexity index is 639. The molecule has 1 amide bonds. The first kappa shape index (κ1) is 14.6. The fraction of sp³-hybridized carbons (Fsp3) is 0.467. The monoisotopic (exact) mass is 300 g/mol. The zero-order valence-corrected chi connectivity index (χ0v) is 12.9. The fourth-order valence-electron chi connectivity index (χ4n) is 2.72. The Balaban J connectivity index is 1.80. The molecule has 1 aliphatic heterocycles. The Morgan fingerprint density at radius 3 is 2.95 bits per heavy atom. The first-order valence-corrected chi connectivity index (χ1v) is 7.39. The van der Waals surface area contributed by atoms with Crippen molar-refractivity contribution in [2.75, 3.05) is 27.2 Å². The summed E-state index contributed by atoms with van der Waals surface area (Å²) >= 11 is 0. The van der Waals surface area contributed by atoms with E-state index in [9.17, 15) is 4.79 Å². The number of aromatic nitrogens is 4. The van der Waals surface area contributed by atoms with Crippen LogP contribution < -0.4 is 0 Å². The molecule has 2 aromatic rings. The molecule has 1 saturated heterocycles. The number of hydrogen-bond acceptors (Lipinski definition) is 5. The zero-order chi connectivity index (χ0) is 15.5. The first-order chi connectivity index (χ1) is 10.6. The average molecular weight is 300 g/mol. The smallest absolute Gasteiger partial charge is 0.236 e. The van der Waals surface area contributed by atoms with Crippen molar-refractivity contribution in [2.24, 2.45) is 0 Å². The zero-order valence-electron chi connectivity index (χ0n) is 12.9. The molecular formula is C15H20N6O. The van der Waals surface area contributed by atoms with Gasteiger partial charge in [-0.05, 0) is 19.4 Å². The average Bonchev–Trinajstić information content (AvgIpc) is 3.18. The maximum atomic E-state index is 12.0. The highest BCUT2D eigenvalue weighted by atomic mass is 16.2. The lowest BCUT2D eigenvalue weighted by Crippen LogP contribution is -2.36. The van der Waals surface area contributed by atoms with E-state index < -0.39 is 0 Å². The third-order valence-corrected chi connectivity index (χ3v) is 3.95. The van der Waals surface area contributed by atoms with Crippen LogP contribution in [-0.4, -0.2) is 62.4 Å². The molecule has 0 aromatic carbocycles. The largest absolute Gasteiger partial charge is 0.348 e. The second-order valence-electron chi connectivity index (χ2n) is 5.69. The third kappa shape index (κ3) is 2.99. The molecular weight excluding hydrogens is 280 g/mol. The number of likely N-dealkylation sites (N-methyl/N-ethyl adjacent to an activating group) is 1. The van der Waals surface area contributed by atoms with E-state index >= 15 is 0 Å². The van der Waals surface area contributed by atoms with Crippen molar-refractivity contribution in [3.8, 4) is 5.82 Å². The SMILES string of the molecule is CN(C)C(=O)CN1CCC[C@H]1c1cncc(-n2ccnc2)n1. The molecule has 0 spiro atoms. The van der Waals surface area contributed by atoms with Gasteiger partial charge in [-0.1, -0.05) is 0 Å². The number of nitrogens with zero attached hydrogens (tertiary/aromatic N) is 6. The van der Waals surface area contributed by atoms with Crippen LogP contribution in [0, 0.1) is 0 Å². The van der Waals surface area contributed by atoms with Crippen LogP contribution in [0.3, 0.4) is 0 Å². The maximum Gasteiger partial charge on any atom is 0.236 e. The minimum absolute atomic E-state index is 0.116. The standard InChI is InChI=1S/C15H20N6O/c1-19(2)15(22)10-20-6-3-4-13(20)12-8-17-9-14(18-12)21-7-5-16-11-21/h5,7-9,11,13H,3-4,6,10H2,1-2H3/t13-/m0/s1.